The molecule has 0 spiro atoms. The van der Waals surface area contributed by atoms with Crippen LogP contribution in [0.15, 0.2) is 52.2 Å². The molecule has 0 radical (unpaired) electrons. The Bertz CT molecular complexity index is 1440. The number of thiazole rings is 1. The fourth-order valence-electron chi connectivity index (χ4n) is 4.30. The Labute approximate surface area is 223 Å². The fraction of sp³-hybridized carbons (Fsp3) is 0.375. The topological polar surface area (TPSA) is 124 Å². The third kappa shape index (κ3) is 5.76. The van der Waals surface area contributed by atoms with Crippen LogP contribution in [0.3, 0.4) is 0 Å². The first-order valence-electron chi connectivity index (χ1n) is 11.6. The molecule has 0 N–H and O–H groups in total. The van der Waals surface area contributed by atoms with Gasteiger partial charge in [0.2, 0.25) is 5.03 Å². The molecule has 1 saturated heterocycles. The third-order valence-corrected chi connectivity index (χ3v) is 8.59. The maximum atomic E-state index is 12.7. The van der Waals surface area contributed by atoms with E-state index < -0.39 is 9.84 Å². The lowest BCUT2D eigenvalue weighted by Gasteiger charge is -2.31. The van der Waals surface area contributed by atoms with E-state index in [1.54, 1.807) is 16.2 Å². The van der Waals surface area contributed by atoms with Gasteiger partial charge in [-0.15, -0.1) is 11.3 Å². The summed E-state index contributed by atoms with van der Waals surface area (Å²) >= 11 is 7.89. The number of carbonyl (C=O) groups is 1. The molecule has 0 aliphatic carbocycles. The highest BCUT2D eigenvalue weighted by Crippen LogP contribution is 2.35. The summed E-state index contributed by atoms with van der Waals surface area (Å²) in [6, 6.07) is 7.59. The quantitative estimate of drug-likeness (QED) is 0.428. The van der Waals surface area contributed by atoms with Gasteiger partial charge in [0.1, 0.15) is 5.71 Å². The Hall–Kier alpha value is -3.09. The van der Waals surface area contributed by atoms with Crippen LogP contribution in [-0.2, 0) is 19.5 Å². The van der Waals surface area contributed by atoms with Crippen molar-refractivity contribution in [1.29, 1.82) is 0 Å². The van der Waals surface area contributed by atoms with E-state index in [2.05, 4.69) is 15.1 Å². The van der Waals surface area contributed by atoms with E-state index >= 15 is 0 Å². The number of piperidine rings is 1. The Balaban J connectivity index is 1.14. The highest BCUT2D eigenvalue weighted by Gasteiger charge is 2.30. The number of rotatable bonds is 7. The second kappa shape index (κ2) is 10.7. The molecule has 37 heavy (non-hydrogen) atoms. The molecule has 2 aliphatic rings. The van der Waals surface area contributed by atoms with Gasteiger partial charge >= 0.3 is 0 Å². The SMILES string of the molecule is CS(=O)(=O)c1nccnc1OCC(=O)N1CCC(c2nc(C3=NOC(c4ccccc4Cl)C3)cs2)CC1. The first-order valence-corrected chi connectivity index (χ1v) is 14.8. The summed E-state index contributed by atoms with van der Waals surface area (Å²) < 4.78 is 29.1. The summed E-state index contributed by atoms with van der Waals surface area (Å²) in [6.07, 6.45) is 5.52. The Morgan fingerprint density at radius 2 is 1.97 bits per heavy atom. The van der Waals surface area contributed by atoms with Crippen molar-refractivity contribution in [3.05, 3.63) is 63.3 Å². The molecule has 1 amide bonds. The van der Waals surface area contributed by atoms with Gasteiger partial charge in [0.15, 0.2) is 22.5 Å². The van der Waals surface area contributed by atoms with Crippen molar-refractivity contribution in [1.82, 2.24) is 19.9 Å². The average Bonchev–Trinajstić information content (AvgIpc) is 3.58. The number of benzene rings is 1. The lowest BCUT2D eigenvalue weighted by molar-refractivity contribution is -0.134. The number of hydrogen-bond donors (Lipinski definition) is 0. The van der Waals surface area contributed by atoms with Gasteiger partial charge in [0.25, 0.3) is 11.8 Å². The summed E-state index contributed by atoms with van der Waals surface area (Å²) in [4.78, 5) is 32.6. The second-order valence-electron chi connectivity index (χ2n) is 8.81. The molecule has 194 valence electrons. The monoisotopic (exact) mass is 561 g/mol. The standard InChI is InChI=1S/C24H24ClN5O5S2/c1-37(32,33)24-22(26-8-9-27-24)34-13-21(31)30-10-6-15(7-11-30)23-28-19(14-36-23)18-12-20(35-29-18)16-4-2-3-5-17(16)25/h2-5,8-9,14-15,20H,6-7,10-13H2,1H3. The van der Waals surface area contributed by atoms with Crippen molar-refractivity contribution in [2.75, 3.05) is 26.0 Å². The number of carbonyl (C=O) groups excluding carboxylic acids is 1. The van der Waals surface area contributed by atoms with Crippen molar-refractivity contribution in [2.45, 2.75) is 36.3 Å². The van der Waals surface area contributed by atoms with E-state index in [0.29, 0.717) is 24.5 Å². The predicted molar refractivity (Wildman–Crippen MR) is 138 cm³/mol. The van der Waals surface area contributed by atoms with Crippen LogP contribution in [0.1, 0.15) is 47.5 Å². The van der Waals surface area contributed by atoms with Gasteiger partial charge < -0.3 is 14.5 Å². The second-order valence-corrected chi connectivity index (χ2v) is 12.0. The molecule has 3 aromatic rings. The fourth-order valence-corrected chi connectivity index (χ4v) is 6.24. The number of aromatic nitrogens is 3. The number of likely N-dealkylation sites (tertiary alicyclic amines) is 1. The molecule has 1 unspecified atom stereocenters. The molecular weight excluding hydrogens is 538 g/mol. The molecule has 1 atom stereocenters. The van der Waals surface area contributed by atoms with Gasteiger partial charge in [-0.05, 0) is 18.9 Å². The van der Waals surface area contributed by atoms with Crippen LogP contribution in [0.25, 0.3) is 0 Å². The maximum Gasteiger partial charge on any atom is 0.260 e. The van der Waals surface area contributed by atoms with Crippen LogP contribution < -0.4 is 4.74 Å². The number of oxime groups is 1. The predicted octanol–water partition coefficient (Wildman–Crippen LogP) is 3.64. The summed E-state index contributed by atoms with van der Waals surface area (Å²) in [7, 11) is -3.62. The minimum Gasteiger partial charge on any atom is -0.466 e. The normalized spacial score (nSPS) is 18.4. The van der Waals surface area contributed by atoms with Crippen molar-refractivity contribution < 1.29 is 22.8 Å². The van der Waals surface area contributed by atoms with E-state index in [1.165, 1.54) is 12.4 Å². The highest BCUT2D eigenvalue weighted by atomic mass is 35.5. The number of nitrogens with zero attached hydrogens (tertiary/aromatic N) is 5. The lowest BCUT2D eigenvalue weighted by Crippen LogP contribution is -2.40. The number of halogens is 1. The zero-order valence-corrected chi connectivity index (χ0v) is 22.3. The van der Waals surface area contributed by atoms with Crippen LogP contribution in [0.5, 0.6) is 5.88 Å². The third-order valence-electron chi connectivity index (χ3n) is 6.25. The molecule has 0 saturated carbocycles. The molecule has 1 aromatic carbocycles. The van der Waals surface area contributed by atoms with Crippen molar-refractivity contribution >= 4 is 44.4 Å². The molecule has 2 aliphatic heterocycles. The number of sulfone groups is 1. The summed E-state index contributed by atoms with van der Waals surface area (Å²) in [5.41, 5.74) is 2.52. The number of ether oxygens (including phenoxy) is 1. The van der Waals surface area contributed by atoms with Crippen molar-refractivity contribution in [3.63, 3.8) is 0 Å². The van der Waals surface area contributed by atoms with E-state index in [4.69, 9.17) is 26.2 Å². The van der Waals surface area contributed by atoms with Crippen LogP contribution in [-0.4, -0.2) is 65.8 Å². The van der Waals surface area contributed by atoms with Crippen LogP contribution in [0.4, 0.5) is 0 Å². The van der Waals surface area contributed by atoms with Crippen LogP contribution >= 0.6 is 22.9 Å². The van der Waals surface area contributed by atoms with Crippen molar-refractivity contribution in [2.24, 2.45) is 5.16 Å². The van der Waals surface area contributed by atoms with E-state index in [9.17, 15) is 13.2 Å². The molecule has 4 heterocycles. The van der Waals surface area contributed by atoms with Crippen LogP contribution in [0, 0.1) is 0 Å². The van der Waals surface area contributed by atoms with Gasteiger partial charge in [-0.25, -0.2) is 23.4 Å². The van der Waals surface area contributed by atoms with E-state index in [0.717, 1.165) is 41.1 Å². The van der Waals surface area contributed by atoms with Gasteiger partial charge in [0, 0.05) is 60.0 Å². The summed E-state index contributed by atoms with van der Waals surface area (Å²) in [5.74, 6) is -0.159. The Morgan fingerprint density at radius 1 is 1.22 bits per heavy atom. The smallest absolute Gasteiger partial charge is 0.260 e. The lowest BCUT2D eigenvalue weighted by atomic mass is 9.97. The molecular formula is C24H24ClN5O5S2. The summed E-state index contributed by atoms with van der Waals surface area (Å²) in [5, 5.41) is 7.64. The largest absolute Gasteiger partial charge is 0.466 e. The van der Waals surface area contributed by atoms with Crippen molar-refractivity contribution in [3.8, 4) is 5.88 Å². The number of amides is 1. The molecule has 2 aromatic heterocycles. The average molecular weight is 562 g/mol. The minimum absolute atomic E-state index is 0.167. The van der Waals surface area contributed by atoms with Gasteiger partial charge in [-0.3, -0.25) is 4.79 Å². The molecule has 0 bridgehead atoms. The van der Waals surface area contributed by atoms with E-state index in [-0.39, 0.29) is 35.4 Å². The first kappa shape index (κ1) is 25.6. The molecule has 13 heteroatoms. The molecule has 10 nitrogen and oxygen atoms in total. The van der Waals surface area contributed by atoms with Crippen LogP contribution in [0.2, 0.25) is 5.02 Å². The summed E-state index contributed by atoms with van der Waals surface area (Å²) in [6.45, 7) is 0.805. The molecule has 1 fully saturated rings. The van der Waals surface area contributed by atoms with Gasteiger partial charge in [0.05, 0.1) is 10.7 Å². The Kier molecular flexibility index (Phi) is 7.40. The van der Waals surface area contributed by atoms with E-state index in [1.807, 2.05) is 29.6 Å². The maximum absolute atomic E-state index is 12.7. The van der Waals surface area contributed by atoms with Gasteiger partial charge in [-0.2, -0.15) is 0 Å². The Morgan fingerprint density at radius 3 is 2.73 bits per heavy atom. The number of hydrogen-bond acceptors (Lipinski definition) is 10. The zero-order valence-electron chi connectivity index (χ0n) is 19.9. The highest BCUT2D eigenvalue weighted by molar-refractivity contribution is 7.90. The van der Waals surface area contributed by atoms with Gasteiger partial charge in [-0.1, -0.05) is 35.0 Å². The molecule has 5 rings (SSSR count). The first-order chi connectivity index (χ1) is 17.8. The zero-order chi connectivity index (χ0) is 26.0. The minimum atomic E-state index is -3.62.